The summed E-state index contributed by atoms with van der Waals surface area (Å²) in [7, 11) is 3.23. The average molecular weight is 539 g/mol. The Hall–Kier alpha value is -3.55. The SMILES string of the molecule is COc1cc2nc(C)nc(NC(C)c3cc(-c4ccccc4CCOC(N)=O)c[se]3)c2cc1OC. The van der Waals surface area contributed by atoms with Gasteiger partial charge in [-0.2, -0.15) is 0 Å². The van der Waals surface area contributed by atoms with Crippen LogP contribution in [0.5, 0.6) is 11.5 Å². The molecule has 9 heteroatoms. The minimum absolute atomic E-state index is 0.0692. The molecule has 35 heavy (non-hydrogen) atoms. The summed E-state index contributed by atoms with van der Waals surface area (Å²) in [5.74, 6) is 2.70. The number of nitrogens with two attached hydrogens (primary N) is 1. The molecular formula is C26H28N4O4Se. The second-order valence-corrected chi connectivity index (χ2v) is 10.0. The maximum absolute atomic E-state index is 10.9. The quantitative estimate of drug-likeness (QED) is 0.302. The fraction of sp³-hybridized carbons (Fsp3) is 0.269. The van der Waals surface area contributed by atoms with Crippen LogP contribution in [0.4, 0.5) is 10.6 Å². The summed E-state index contributed by atoms with van der Waals surface area (Å²) in [6.07, 6.45) is -0.144. The van der Waals surface area contributed by atoms with Gasteiger partial charge < -0.3 is 0 Å². The fourth-order valence-electron chi connectivity index (χ4n) is 3.96. The molecule has 0 saturated heterocycles. The monoisotopic (exact) mass is 540 g/mol. The number of carbonyl (C=O) groups excluding carboxylic acids is 1. The van der Waals surface area contributed by atoms with Gasteiger partial charge in [-0.15, -0.1) is 0 Å². The van der Waals surface area contributed by atoms with Crippen molar-refractivity contribution in [2.24, 2.45) is 5.73 Å². The van der Waals surface area contributed by atoms with Gasteiger partial charge in [-0.1, -0.05) is 0 Å². The molecule has 0 spiro atoms. The van der Waals surface area contributed by atoms with Crippen molar-refractivity contribution in [1.29, 1.82) is 0 Å². The molecule has 0 radical (unpaired) electrons. The Bertz CT molecular complexity index is 1350. The molecule has 1 unspecified atom stereocenters. The Morgan fingerprint density at radius 3 is 2.60 bits per heavy atom. The topological polar surface area (TPSA) is 109 Å². The predicted molar refractivity (Wildman–Crippen MR) is 137 cm³/mol. The summed E-state index contributed by atoms with van der Waals surface area (Å²) in [6.45, 7) is 4.28. The molecule has 0 aliphatic heterocycles. The number of amides is 1. The van der Waals surface area contributed by atoms with Gasteiger partial charge in [0.15, 0.2) is 0 Å². The number of benzene rings is 2. The van der Waals surface area contributed by atoms with E-state index in [4.69, 9.17) is 19.9 Å². The number of primary amides is 1. The Morgan fingerprint density at radius 1 is 1.11 bits per heavy atom. The van der Waals surface area contributed by atoms with Crippen LogP contribution in [0.1, 0.15) is 28.8 Å². The first-order chi connectivity index (χ1) is 16.9. The van der Waals surface area contributed by atoms with Gasteiger partial charge in [0, 0.05) is 0 Å². The van der Waals surface area contributed by atoms with Gasteiger partial charge in [-0.25, -0.2) is 0 Å². The van der Waals surface area contributed by atoms with Gasteiger partial charge in [-0.05, 0) is 0 Å². The van der Waals surface area contributed by atoms with Crippen LogP contribution < -0.4 is 20.5 Å². The first kappa shape index (κ1) is 24.6. The van der Waals surface area contributed by atoms with E-state index in [1.165, 1.54) is 10.0 Å². The number of aryl methyl sites for hydroxylation is 1. The molecule has 4 aromatic rings. The van der Waals surface area contributed by atoms with Crippen LogP contribution in [0.15, 0.2) is 47.4 Å². The van der Waals surface area contributed by atoms with Crippen molar-refractivity contribution < 1.29 is 19.0 Å². The number of nitrogens with one attached hydrogen (secondary N) is 1. The van der Waals surface area contributed by atoms with Gasteiger partial charge in [0.2, 0.25) is 0 Å². The molecule has 2 aromatic carbocycles. The van der Waals surface area contributed by atoms with Crippen LogP contribution >= 0.6 is 0 Å². The van der Waals surface area contributed by atoms with Crippen molar-refractivity contribution in [2.45, 2.75) is 26.3 Å². The van der Waals surface area contributed by atoms with Gasteiger partial charge in [0.05, 0.1) is 0 Å². The first-order valence-corrected chi connectivity index (χ1v) is 13.0. The third kappa shape index (κ3) is 5.58. The standard InChI is InChI=1S/C26H28N4O4Se/c1-15(28-25-20-12-22(32-3)23(33-4)13-21(20)29-16(2)30-25)24-11-18(14-35-24)19-8-6-5-7-17(19)9-10-34-26(27)31/h5-8,11-15H,9-10H2,1-4H3,(H2,27,31)(H,28,29,30). The van der Waals surface area contributed by atoms with Gasteiger partial charge in [-0.3, -0.25) is 0 Å². The fourth-order valence-corrected chi connectivity index (χ4v) is 5.88. The number of hydrogen-bond donors (Lipinski definition) is 2. The molecule has 2 aromatic heterocycles. The van der Waals surface area contributed by atoms with E-state index >= 15 is 0 Å². The van der Waals surface area contributed by atoms with E-state index < -0.39 is 6.09 Å². The second kappa shape index (κ2) is 10.8. The number of nitrogens with zero attached hydrogens (tertiary/aromatic N) is 2. The minimum atomic E-state index is -0.753. The van der Waals surface area contributed by atoms with Crippen molar-refractivity contribution in [1.82, 2.24) is 9.97 Å². The number of fused-ring (bicyclic) bond motifs is 1. The molecule has 0 fully saturated rings. The number of aromatic nitrogens is 2. The molecule has 4 rings (SSSR count). The molecule has 1 amide bonds. The van der Waals surface area contributed by atoms with E-state index in [2.05, 4.69) is 45.3 Å². The van der Waals surface area contributed by atoms with Crippen LogP contribution in [0.2, 0.25) is 0 Å². The summed E-state index contributed by atoms with van der Waals surface area (Å²) in [4.78, 5) is 22.5. The first-order valence-electron chi connectivity index (χ1n) is 11.2. The summed E-state index contributed by atoms with van der Waals surface area (Å²) >= 11 is 0.192. The normalized spacial score (nSPS) is 11.8. The summed E-state index contributed by atoms with van der Waals surface area (Å²) in [6, 6.07) is 14.3. The molecule has 0 bridgehead atoms. The Kier molecular flexibility index (Phi) is 7.58. The zero-order valence-electron chi connectivity index (χ0n) is 20.1. The Labute approximate surface area is 210 Å². The van der Waals surface area contributed by atoms with Gasteiger partial charge in [0.25, 0.3) is 0 Å². The van der Waals surface area contributed by atoms with Gasteiger partial charge in [0.1, 0.15) is 0 Å². The Balaban J connectivity index is 1.60. The number of methoxy groups -OCH3 is 2. The number of rotatable bonds is 9. The maximum atomic E-state index is 10.9. The van der Waals surface area contributed by atoms with Crippen LogP contribution in [0.25, 0.3) is 22.0 Å². The average Bonchev–Trinajstić information content (AvgIpc) is 3.33. The molecule has 1 atom stereocenters. The second-order valence-electron chi connectivity index (χ2n) is 8.02. The van der Waals surface area contributed by atoms with Crippen molar-refractivity contribution in [3.63, 3.8) is 0 Å². The number of ether oxygens (including phenoxy) is 3. The molecule has 3 N–H and O–H groups in total. The van der Waals surface area contributed by atoms with Crippen LogP contribution in [-0.4, -0.2) is 51.4 Å². The van der Waals surface area contributed by atoms with E-state index in [9.17, 15) is 4.79 Å². The van der Waals surface area contributed by atoms with Crippen molar-refractivity contribution in [2.75, 3.05) is 26.1 Å². The molecule has 0 aliphatic carbocycles. The number of anilines is 1. The summed E-state index contributed by atoms with van der Waals surface area (Å²) in [5, 5.41) is 4.46. The zero-order chi connectivity index (χ0) is 24.9. The van der Waals surface area contributed by atoms with Crippen LogP contribution in [0, 0.1) is 6.92 Å². The van der Waals surface area contributed by atoms with E-state index in [1.54, 1.807) is 14.2 Å². The van der Waals surface area contributed by atoms with Gasteiger partial charge >= 0.3 is 210 Å². The molecule has 2 heterocycles. The van der Waals surface area contributed by atoms with E-state index in [0.29, 0.717) is 23.7 Å². The van der Waals surface area contributed by atoms with E-state index in [-0.39, 0.29) is 27.2 Å². The molecular weight excluding hydrogens is 511 g/mol. The van der Waals surface area contributed by atoms with Crippen molar-refractivity contribution >= 4 is 37.3 Å². The molecule has 8 nitrogen and oxygen atoms in total. The third-order valence-electron chi connectivity index (χ3n) is 5.66. The van der Waals surface area contributed by atoms with E-state index in [0.717, 1.165) is 27.8 Å². The molecule has 182 valence electrons. The molecule has 0 saturated carbocycles. The van der Waals surface area contributed by atoms with Crippen molar-refractivity contribution in [3.05, 3.63) is 63.2 Å². The van der Waals surface area contributed by atoms with Crippen LogP contribution in [-0.2, 0) is 11.2 Å². The number of hydrogen-bond acceptors (Lipinski definition) is 7. The molecule has 0 aliphatic rings. The summed E-state index contributed by atoms with van der Waals surface area (Å²) < 4.78 is 17.2. The van der Waals surface area contributed by atoms with Crippen molar-refractivity contribution in [3.8, 4) is 22.6 Å². The summed E-state index contributed by atoms with van der Waals surface area (Å²) in [5.41, 5.74) is 9.33. The Morgan fingerprint density at radius 2 is 1.86 bits per heavy atom. The predicted octanol–water partition coefficient (Wildman–Crippen LogP) is 4.49. The van der Waals surface area contributed by atoms with Crippen LogP contribution in [0.3, 0.4) is 0 Å². The third-order valence-corrected chi connectivity index (χ3v) is 8.00. The number of carbonyl (C=O) groups is 1. The van der Waals surface area contributed by atoms with E-state index in [1.807, 2.05) is 31.2 Å². The zero-order valence-corrected chi connectivity index (χ0v) is 21.8.